The van der Waals surface area contributed by atoms with Crippen LogP contribution in [-0.2, 0) is 4.74 Å². The number of hydrogen-bond acceptors (Lipinski definition) is 8. The summed E-state index contributed by atoms with van der Waals surface area (Å²) in [5.41, 5.74) is 3.31. The van der Waals surface area contributed by atoms with E-state index in [0.717, 1.165) is 29.2 Å². The van der Waals surface area contributed by atoms with Crippen molar-refractivity contribution in [1.82, 2.24) is 29.8 Å². The van der Waals surface area contributed by atoms with Crippen molar-refractivity contribution in [2.75, 3.05) is 40.0 Å². The smallest absolute Gasteiger partial charge is 0.251 e. The number of likely N-dealkylation sites (N-methyl/N-ethyl adjacent to an activating group) is 1. The van der Waals surface area contributed by atoms with E-state index in [-0.39, 0.29) is 11.9 Å². The number of carbonyl (C=O) groups excluding carboxylic acids is 1. The first-order valence-electron chi connectivity index (χ1n) is 12.6. The Hall–Kier alpha value is -3.34. The van der Waals surface area contributed by atoms with Crippen molar-refractivity contribution in [1.29, 1.82) is 0 Å². The molecule has 4 rings (SSSR count). The summed E-state index contributed by atoms with van der Waals surface area (Å²) in [5.74, 6) is 0.206. The van der Waals surface area contributed by atoms with Gasteiger partial charge in [-0.2, -0.15) is 5.10 Å². The van der Waals surface area contributed by atoms with Gasteiger partial charge in [-0.05, 0) is 43.6 Å². The number of pyridine rings is 1. The summed E-state index contributed by atoms with van der Waals surface area (Å²) in [7, 11) is 1.66. The Kier molecular flexibility index (Phi) is 9.21. The van der Waals surface area contributed by atoms with Crippen molar-refractivity contribution in [3.63, 3.8) is 0 Å². The van der Waals surface area contributed by atoms with Gasteiger partial charge in [0.1, 0.15) is 0 Å². The van der Waals surface area contributed by atoms with E-state index in [1.165, 1.54) is 0 Å². The van der Waals surface area contributed by atoms with Crippen LogP contribution in [0.3, 0.4) is 0 Å². The van der Waals surface area contributed by atoms with Crippen LogP contribution in [0.5, 0.6) is 5.88 Å². The predicted molar refractivity (Wildman–Crippen MR) is 146 cm³/mol. The second-order valence-corrected chi connectivity index (χ2v) is 9.62. The lowest BCUT2D eigenvalue weighted by Gasteiger charge is -2.26. The molecule has 4 aromatic heterocycles. The lowest BCUT2D eigenvalue weighted by molar-refractivity contribution is 0.0937. The summed E-state index contributed by atoms with van der Waals surface area (Å²) in [6, 6.07) is 9.66. The molecule has 4 aromatic rings. The minimum atomic E-state index is -0.173. The third kappa shape index (κ3) is 6.51. The molecule has 1 N–H and O–H groups in total. The summed E-state index contributed by atoms with van der Waals surface area (Å²) in [6.07, 6.45) is 4.32. The Bertz CT molecular complexity index is 1300. The predicted octanol–water partition coefficient (Wildman–Crippen LogP) is 4.40. The van der Waals surface area contributed by atoms with Crippen LogP contribution in [0.4, 0.5) is 0 Å². The molecule has 0 aliphatic carbocycles. The normalized spacial score (nSPS) is 12.2. The molecule has 0 aliphatic heterocycles. The molecule has 0 saturated carbocycles. The van der Waals surface area contributed by atoms with Crippen LogP contribution in [0, 0.1) is 0 Å². The van der Waals surface area contributed by atoms with Crippen LogP contribution >= 0.6 is 11.3 Å². The number of ether oxygens (including phenoxy) is 2. The molecule has 0 unspecified atom stereocenters. The fourth-order valence-electron chi connectivity index (χ4n) is 4.16. The zero-order valence-corrected chi connectivity index (χ0v) is 22.6. The maximum Gasteiger partial charge on any atom is 0.251 e. The van der Waals surface area contributed by atoms with Crippen molar-refractivity contribution in [2.24, 2.45) is 0 Å². The lowest BCUT2D eigenvalue weighted by Crippen LogP contribution is -2.42. The van der Waals surface area contributed by atoms with E-state index in [0.29, 0.717) is 49.0 Å². The highest BCUT2D eigenvalue weighted by Crippen LogP contribution is 2.28. The van der Waals surface area contributed by atoms with Crippen molar-refractivity contribution >= 4 is 22.9 Å². The highest BCUT2D eigenvalue weighted by atomic mass is 32.1. The summed E-state index contributed by atoms with van der Waals surface area (Å²) >= 11 is 1.63. The Morgan fingerprint density at radius 3 is 2.73 bits per heavy atom. The molecule has 0 bridgehead atoms. The molecule has 0 spiro atoms. The van der Waals surface area contributed by atoms with Crippen molar-refractivity contribution < 1.29 is 14.3 Å². The van der Waals surface area contributed by atoms with Crippen LogP contribution < -0.4 is 10.1 Å². The summed E-state index contributed by atoms with van der Waals surface area (Å²) in [6.45, 7) is 9.79. The molecule has 0 fully saturated rings. The quantitative estimate of drug-likeness (QED) is 0.260. The highest BCUT2D eigenvalue weighted by molar-refractivity contribution is 7.13. The highest BCUT2D eigenvalue weighted by Gasteiger charge is 2.18. The van der Waals surface area contributed by atoms with Crippen LogP contribution in [0.25, 0.3) is 27.5 Å². The van der Waals surface area contributed by atoms with Gasteiger partial charge in [0, 0.05) is 50.6 Å². The first-order chi connectivity index (χ1) is 18.0. The lowest BCUT2D eigenvalue weighted by atomic mass is 10.1. The second-order valence-electron chi connectivity index (χ2n) is 8.67. The van der Waals surface area contributed by atoms with E-state index in [9.17, 15) is 4.79 Å². The van der Waals surface area contributed by atoms with Crippen LogP contribution in [-0.4, -0.2) is 76.4 Å². The molecular formula is C27H34N6O3S. The Labute approximate surface area is 221 Å². The molecule has 196 valence electrons. The SMILES string of the molecule is CCN(CC)[C@@H](C)CNC(=O)c1cc(OCCCOC)nc(-c2cnn3ccc(-c4cccs4)nc23)c1. The number of fused-ring (bicyclic) bond motifs is 1. The molecule has 0 aromatic carbocycles. The molecule has 0 radical (unpaired) electrons. The molecule has 1 amide bonds. The number of nitrogens with one attached hydrogen (secondary N) is 1. The third-order valence-electron chi connectivity index (χ3n) is 6.22. The van der Waals surface area contributed by atoms with Gasteiger partial charge in [-0.1, -0.05) is 19.9 Å². The van der Waals surface area contributed by atoms with Crippen molar-refractivity contribution in [2.45, 2.75) is 33.2 Å². The molecule has 0 aliphatic rings. The van der Waals surface area contributed by atoms with E-state index < -0.39 is 0 Å². The van der Waals surface area contributed by atoms with Crippen molar-refractivity contribution in [3.05, 3.63) is 53.7 Å². The van der Waals surface area contributed by atoms with Crippen LogP contribution in [0.2, 0.25) is 0 Å². The van der Waals surface area contributed by atoms with Crippen molar-refractivity contribution in [3.8, 4) is 27.7 Å². The van der Waals surface area contributed by atoms with Gasteiger partial charge < -0.3 is 14.8 Å². The number of rotatable bonds is 13. The first-order valence-corrected chi connectivity index (χ1v) is 13.5. The van der Waals surface area contributed by atoms with Gasteiger partial charge in [-0.3, -0.25) is 9.69 Å². The monoisotopic (exact) mass is 522 g/mol. The zero-order valence-electron chi connectivity index (χ0n) is 21.8. The molecular weight excluding hydrogens is 488 g/mol. The van der Waals surface area contributed by atoms with E-state index in [1.807, 2.05) is 29.8 Å². The van der Waals surface area contributed by atoms with E-state index >= 15 is 0 Å². The van der Waals surface area contributed by atoms with Crippen LogP contribution in [0.1, 0.15) is 37.6 Å². The van der Waals surface area contributed by atoms with E-state index in [1.54, 1.807) is 41.3 Å². The molecule has 1 atom stereocenters. The Morgan fingerprint density at radius 1 is 1.16 bits per heavy atom. The molecule has 37 heavy (non-hydrogen) atoms. The van der Waals surface area contributed by atoms with Gasteiger partial charge in [-0.25, -0.2) is 14.5 Å². The number of carbonyl (C=O) groups is 1. The summed E-state index contributed by atoms with van der Waals surface area (Å²) in [5, 5.41) is 9.55. The summed E-state index contributed by atoms with van der Waals surface area (Å²) < 4.78 is 12.7. The second kappa shape index (κ2) is 12.8. The number of methoxy groups -OCH3 is 1. The molecule has 10 heteroatoms. The van der Waals surface area contributed by atoms with Crippen LogP contribution in [0.15, 0.2) is 48.1 Å². The average molecular weight is 523 g/mol. The van der Waals surface area contributed by atoms with Gasteiger partial charge >= 0.3 is 0 Å². The van der Waals surface area contributed by atoms with Gasteiger partial charge in [0.05, 0.1) is 34.6 Å². The minimum Gasteiger partial charge on any atom is -0.478 e. The average Bonchev–Trinajstić information content (AvgIpc) is 3.60. The van der Waals surface area contributed by atoms with Gasteiger partial charge in [0.15, 0.2) is 5.65 Å². The zero-order chi connectivity index (χ0) is 26.2. The topological polar surface area (TPSA) is 93.9 Å². The number of thiophene rings is 1. The standard InChI is InChI=1S/C27H34N6O3S/c1-5-32(6-2)19(3)17-28-27(34)20-15-23(30-25(16-20)36-13-8-12-35-4)21-18-29-33-11-10-22(31-26(21)33)24-9-7-14-37-24/h7,9-11,14-16,18-19H,5-6,8,12-13,17H2,1-4H3,(H,28,34)/t19-/m0/s1. The van der Waals surface area contributed by atoms with E-state index in [4.69, 9.17) is 19.4 Å². The molecule has 4 heterocycles. The minimum absolute atomic E-state index is 0.173. The van der Waals surface area contributed by atoms with Gasteiger partial charge in [0.2, 0.25) is 5.88 Å². The fraction of sp³-hybridized carbons (Fsp3) is 0.407. The maximum absolute atomic E-state index is 13.2. The van der Waals surface area contributed by atoms with Gasteiger partial charge in [-0.15, -0.1) is 11.3 Å². The number of amides is 1. The van der Waals surface area contributed by atoms with Gasteiger partial charge in [0.25, 0.3) is 5.91 Å². The third-order valence-corrected chi connectivity index (χ3v) is 7.11. The largest absolute Gasteiger partial charge is 0.478 e. The number of aromatic nitrogens is 4. The number of hydrogen-bond donors (Lipinski definition) is 1. The maximum atomic E-state index is 13.2. The molecule has 9 nitrogen and oxygen atoms in total. The Balaban J connectivity index is 1.65. The number of nitrogens with zero attached hydrogens (tertiary/aromatic N) is 5. The summed E-state index contributed by atoms with van der Waals surface area (Å²) in [4.78, 5) is 26.1. The fourth-order valence-corrected chi connectivity index (χ4v) is 4.85. The first kappa shape index (κ1) is 26.7. The molecule has 0 saturated heterocycles. The Morgan fingerprint density at radius 2 is 2.00 bits per heavy atom. The van der Waals surface area contributed by atoms with E-state index in [2.05, 4.69) is 36.1 Å².